The molecular weight excluding hydrogens is 539 g/mol. The highest BCUT2D eigenvalue weighted by Gasteiger charge is 2.24. The number of esters is 1. The molecule has 8 heteroatoms. The average molecular weight is 568 g/mol. The Morgan fingerprint density at radius 2 is 1.50 bits per heavy atom. The van der Waals surface area contributed by atoms with Gasteiger partial charge in [0.15, 0.2) is 0 Å². The third kappa shape index (κ3) is 7.01. The number of anilines is 2. The number of carbonyl (C=O) groups is 2. The van der Waals surface area contributed by atoms with E-state index >= 15 is 0 Å². The zero-order valence-electron chi connectivity index (χ0n) is 21.6. The number of nitrogens with zero attached hydrogens (tertiary/aromatic N) is 2. The van der Waals surface area contributed by atoms with E-state index in [1.165, 1.54) is 11.9 Å². The lowest BCUT2D eigenvalue weighted by Gasteiger charge is -2.27. The molecule has 0 unspecified atom stereocenters. The average Bonchev–Trinajstić information content (AvgIpc) is 2.85. The summed E-state index contributed by atoms with van der Waals surface area (Å²) in [4.78, 5) is 29.0. The first kappa shape index (κ1) is 27.8. The van der Waals surface area contributed by atoms with Crippen LogP contribution in [0, 0.1) is 0 Å². The number of hydrogen-bond acceptors (Lipinski definition) is 5. The van der Waals surface area contributed by atoms with Crippen molar-refractivity contribution in [1.82, 2.24) is 0 Å². The molecule has 0 bridgehead atoms. The normalized spacial score (nSPS) is 11.3. The second-order valence-electron chi connectivity index (χ2n) is 9.74. The Balaban J connectivity index is 1.81. The van der Waals surface area contributed by atoms with Crippen LogP contribution >= 0.6 is 35.1 Å². The third-order valence-electron chi connectivity index (χ3n) is 5.55. The Kier molecular flexibility index (Phi) is 8.56. The predicted octanol–water partition coefficient (Wildman–Crippen LogP) is 8.28. The lowest BCUT2D eigenvalue weighted by molar-refractivity contribution is -0.152. The first-order chi connectivity index (χ1) is 18.0. The molecule has 4 aromatic rings. The number of carbonyl (C=O) groups excluding carboxylic acids is 2. The molecule has 4 aromatic carbocycles. The van der Waals surface area contributed by atoms with Gasteiger partial charge in [0.25, 0.3) is 5.91 Å². The molecule has 0 aromatic heterocycles. The molecule has 4 rings (SSSR count). The van der Waals surface area contributed by atoms with Crippen molar-refractivity contribution in [2.45, 2.75) is 31.3 Å². The van der Waals surface area contributed by atoms with E-state index in [0.29, 0.717) is 21.3 Å². The summed E-state index contributed by atoms with van der Waals surface area (Å²) in [7, 11) is 1.74. The molecule has 38 heavy (non-hydrogen) atoms. The van der Waals surface area contributed by atoms with Crippen LogP contribution in [0.1, 0.15) is 31.1 Å². The van der Waals surface area contributed by atoms with Crippen LogP contribution < -0.4 is 9.21 Å². The van der Waals surface area contributed by atoms with Crippen LogP contribution in [-0.4, -0.2) is 31.1 Å². The van der Waals surface area contributed by atoms with Gasteiger partial charge in [-0.25, -0.2) is 0 Å². The van der Waals surface area contributed by atoms with Crippen molar-refractivity contribution in [2.24, 2.45) is 0 Å². The van der Waals surface area contributed by atoms with Crippen LogP contribution in [0.3, 0.4) is 0 Å². The van der Waals surface area contributed by atoms with E-state index in [-0.39, 0.29) is 12.5 Å². The summed E-state index contributed by atoms with van der Waals surface area (Å²) in [5, 5.41) is 2.72. The molecule has 0 aliphatic carbocycles. The number of para-hydroxylation sites is 1. The van der Waals surface area contributed by atoms with Crippen molar-refractivity contribution in [1.29, 1.82) is 0 Å². The molecule has 0 atom stereocenters. The number of ether oxygens (including phenoxy) is 1. The highest BCUT2D eigenvalue weighted by molar-refractivity contribution is 8.00. The smallest absolute Gasteiger partial charge is 0.327 e. The third-order valence-corrected chi connectivity index (χ3v) is 6.98. The summed E-state index contributed by atoms with van der Waals surface area (Å²) in [6.45, 7) is 5.41. The molecule has 0 saturated heterocycles. The van der Waals surface area contributed by atoms with Crippen molar-refractivity contribution >= 4 is 69.2 Å². The Labute approximate surface area is 237 Å². The Bertz CT molecular complexity index is 1450. The van der Waals surface area contributed by atoms with Crippen molar-refractivity contribution in [3.05, 3.63) is 101 Å². The van der Waals surface area contributed by atoms with Crippen molar-refractivity contribution < 1.29 is 14.3 Å². The van der Waals surface area contributed by atoms with Gasteiger partial charge in [-0.2, -0.15) is 0 Å². The summed E-state index contributed by atoms with van der Waals surface area (Å²) in [5.74, 6) is -0.573. The van der Waals surface area contributed by atoms with Gasteiger partial charge in [0, 0.05) is 38.6 Å². The Morgan fingerprint density at radius 3 is 2.16 bits per heavy atom. The van der Waals surface area contributed by atoms with Gasteiger partial charge in [0.05, 0.1) is 5.69 Å². The van der Waals surface area contributed by atoms with Gasteiger partial charge in [-0.1, -0.05) is 65.7 Å². The molecule has 1 amide bonds. The molecule has 0 heterocycles. The van der Waals surface area contributed by atoms with Crippen LogP contribution in [0.2, 0.25) is 10.0 Å². The molecule has 0 saturated carbocycles. The molecule has 0 fully saturated rings. The van der Waals surface area contributed by atoms with E-state index in [1.807, 2.05) is 91.8 Å². The van der Waals surface area contributed by atoms with Gasteiger partial charge in [0.2, 0.25) is 0 Å². The molecular formula is C30H28Cl2N2O3S. The Hall–Kier alpha value is -3.19. The minimum absolute atomic E-state index is 0.0672. The van der Waals surface area contributed by atoms with Gasteiger partial charge in [-0.15, -0.1) is 0 Å². The van der Waals surface area contributed by atoms with Crippen LogP contribution in [0.25, 0.3) is 10.8 Å². The molecule has 196 valence electrons. The highest BCUT2D eigenvalue weighted by atomic mass is 35.5. The van der Waals surface area contributed by atoms with E-state index in [0.717, 1.165) is 21.4 Å². The topological polar surface area (TPSA) is 49.9 Å². The number of rotatable bonds is 7. The van der Waals surface area contributed by atoms with Crippen LogP contribution in [0.5, 0.6) is 0 Å². The second kappa shape index (κ2) is 11.7. The van der Waals surface area contributed by atoms with Crippen LogP contribution in [-0.2, 0) is 9.53 Å². The van der Waals surface area contributed by atoms with Crippen molar-refractivity contribution in [3.63, 3.8) is 0 Å². The van der Waals surface area contributed by atoms with Gasteiger partial charge < -0.3 is 13.9 Å². The maximum Gasteiger partial charge on any atom is 0.327 e. The van der Waals surface area contributed by atoms with E-state index < -0.39 is 11.6 Å². The van der Waals surface area contributed by atoms with Crippen molar-refractivity contribution in [3.8, 4) is 0 Å². The van der Waals surface area contributed by atoms with Gasteiger partial charge >= 0.3 is 5.97 Å². The lowest BCUT2D eigenvalue weighted by Crippen LogP contribution is -2.32. The molecule has 5 nitrogen and oxygen atoms in total. The van der Waals surface area contributed by atoms with Crippen molar-refractivity contribution in [2.75, 3.05) is 22.8 Å². The lowest BCUT2D eigenvalue weighted by atomic mass is 10.0. The number of halogens is 2. The van der Waals surface area contributed by atoms with Gasteiger partial charge in [-0.3, -0.25) is 9.59 Å². The first-order valence-corrected chi connectivity index (χ1v) is 13.5. The van der Waals surface area contributed by atoms with E-state index in [9.17, 15) is 9.59 Å². The SMILES string of the molecule is CN(C(=O)c1cc(N(CC(=O)OC(C)(C)C)Sc2cc(Cl)cc(Cl)c2)c2ccccc2c1)c1ccccc1. The molecule has 0 spiro atoms. The fourth-order valence-corrected chi connectivity index (χ4v) is 5.64. The maximum absolute atomic E-state index is 13.6. The zero-order valence-corrected chi connectivity index (χ0v) is 23.9. The van der Waals surface area contributed by atoms with Crippen LogP contribution in [0.15, 0.2) is 89.8 Å². The van der Waals surface area contributed by atoms with Gasteiger partial charge in [-0.05, 0) is 80.6 Å². The number of hydrogen-bond donors (Lipinski definition) is 0. The van der Waals surface area contributed by atoms with E-state index in [4.69, 9.17) is 27.9 Å². The molecule has 0 radical (unpaired) electrons. The quantitative estimate of drug-likeness (QED) is 0.166. The number of fused-ring (bicyclic) bond motifs is 1. The fourth-order valence-electron chi connectivity index (χ4n) is 3.95. The largest absolute Gasteiger partial charge is 0.459 e. The maximum atomic E-state index is 13.6. The summed E-state index contributed by atoms with van der Waals surface area (Å²) in [6, 6.07) is 26.1. The molecule has 0 aliphatic heterocycles. The summed E-state index contributed by atoms with van der Waals surface area (Å²) in [5.41, 5.74) is 1.31. The number of benzene rings is 4. The minimum Gasteiger partial charge on any atom is -0.459 e. The Morgan fingerprint density at radius 1 is 0.868 bits per heavy atom. The van der Waals surface area contributed by atoms with E-state index in [2.05, 4.69) is 0 Å². The van der Waals surface area contributed by atoms with Crippen LogP contribution in [0.4, 0.5) is 11.4 Å². The summed E-state index contributed by atoms with van der Waals surface area (Å²) < 4.78 is 7.46. The molecule has 0 aliphatic rings. The second-order valence-corrected chi connectivity index (χ2v) is 11.7. The predicted molar refractivity (Wildman–Crippen MR) is 159 cm³/mol. The zero-order chi connectivity index (χ0) is 27.4. The van der Waals surface area contributed by atoms with E-state index in [1.54, 1.807) is 30.1 Å². The standard InChI is InChI=1S/C30H28Cl2N2O3S/c1-30(2,3)37-28(35)19-34(38-25-17-22(31)16-23(32)18-25)27-15-21(14-20-10-8-9-13-26(20)27)29(36)33(4)24-11-6-5-7-12-24/h5-18H,19H2,1-4H3. The highest BCUT2D eigenvalue weighted by Crippen LogP contribution is 2.37. The first-order valence-electron chi connectivity index (χ1n) is 12.0. The minimum atomic E-state index is -0.648. The fraction of sp³-hybridized carbons (Fsp3) is 0.200. The summed E-state index contributed by atoms with van der Waals surface area (Å²) in [6.07, 6.45) is 0. The number of amides is 1. The monoisotopic (exact) mass is 566 g/mol. The molecule has 0 N–H and O–H groups in total. The summed E-state index contributed by atoms with van der Waals surface area (Å²) >= 11 is 13.8. The van der Waals surface area contributed by atoms with Gasteiger partial charge in [0.1, 0.15) is 12.1 Å².